The van der Waals surface area contributed by atoms with Gasteiger partial charge >= 0.3 is 0 Å². The summed E-state index contributed by atoms with van der Waals surface area (Å²) < 4.78 is 0. The summed E-state index contributed by atoms with van der Waals surface area (Å²) in [6.45, 7) is 23.6. The molecule has 0 unspecified atom stereocenters. The molecular formula is C43H55N3O2. The molecule has 2 aliphatic heterocycles. The molecule has 0 saturated carbocycles. The molecule has 0 saturated heterocycles. The fourth-order valence-corrected chi connectivity index (χ4v) is 6.57. The van der Waals surface area contributed by atoms with E-state index in [9.17, 15) is 9.59 Å². The second kappa shape index (κ2) is 13.1. The van der Waals surface area contributed by atoms with Crippen LogP contribution in [0.5, 0.6) is 0 Å². The quantitative estimate of drug-likeness (QED) is 0.278. The van der Waals surface area contributed by atoms with Crippen LogP contribution in [-0.2, 0) is 26.8 Å². The highest BCUT2D eigenvalue weighted by atomic mass is 16.1. The maximum absolute atomic E-state index is 13.7. The van der Waals surface area contributed by atoms with Crippen molar-refractivity contribution >= 4 is 28.8 Å². The summed E-state index contributed by atoms with van der Waals surface area (Å²) in [6.07, 6.45) is 6.18. The van der Waals surface area contributed by atoms with Gasteiger partial charge in [0.1, 0.15) is 0 Å². The first-order chi connectivity index (χ1) is 22.3. The van der Waals surface area contributed by atoms with E-state index in [1.54, 1.807) is 0 Å². The van der Waals surface area contributed by atoms with Crippen LogP contribution < -0.4 is 15.1 Å². The van der Waals surface area contributed by atoms with E-state index >= 15 is 0 Å². The number of benzene rings is 3. The molecule has 3 aromatic rings. The molecule has 3 aromatic carbocycles. The van der Waals surface area contributed by atoms with Crippen molar-refractivity contribution in [1.82, 2.24) is 0 Å². The highest BCUT2D eigenvalue weighted by Gasteiger charge is 2.35. The Morgan fingerprint density at radius 2 is 1.04 bits per heavy atom. The third-order valence-corrected chi connectivity index (χ3v) is 10.2. The van der Waals surface area contributed by atoms with Crippen molar-refractivity contribution < 1.29 is 9.59 Å². The number of nitrogens with one attached hydrogen (secondary N) is 1. The molecule has 2 heterocycles. The van der Waals surface area contributed by atoms with Gasteiger partial charge in [0.25, 0.3) is 5.91 Å². The molecule has 1 N–H and O–H groups in total. The number of carbonyl (C=O) groups excluding carboxylic acids is 2. The highest BCUT2D eigenvalue weighted by Crippen LogP contribution is 2.39. The van der Waals surface area contributed by atoms with Crippen LogP contribution in [0.25, 0.3) is 0 Å². The van der Waals surface area contributed by atoms with Crippen LogP contribution in [0.3, 0.4) is 0 Å². The lowest BCUT2D eigenvalue weighted by atomic mass is 9.76. The Balaban J connectivity index is 1.26. The van der Waals surface area contributed by atoms with Gasteiger partial charge in [0.2, 0.25) is 0 Å². The first kappa shape index (κ1) is 35.2. The first-order valence-corrected chi connectivity index (χ1v) is 17.5. The summed E-state index contributed by atoms with van der Waals surface area (Å²) in [5.41, 5.74) is 7.82. The Labute approximate surface area is 289 Å². The first-order valence-electron chi connectivity index (χ1n) is 17.5. The number of nitrogens with zero attached hydrogens (tertiary/aromatic N) is 2. The van der Waals surface area contributed by atoms with Crippen LogP contribution in [0.1, 0.15) is 98.8 Å². The van der Waals surface area contributed by atoms with E-state index < -0.39 is 0 Å². The van der Waals surface area contributed by atoms with E-state index in [4.69, 9.17) is 0 Å². The van der Waals surface area contributed by atoms with Crippen LogP contribution in [0.2, 0.25) is 0 Å². The molecule has 0 aromatic heterocycles. The van der Waals surface area contributed by atoms with Gasteiger partial charge in [-0.1, -0.05) is 106 Å². The fraction of sp³-hybridized carbons (Fsp3) is 0.442. The van der Waals surface area contributed by atoms with E-state index in [1.807, 2.05) is 30.5 Å². The van der Waals surface area contributed by atoms with Crippen LogP contribution in [0.15, 0.2) is 96.3 Å². The Bertz CT molecular complexity index is 1570. The minimum Gasteiger partial charge on any atom is -0.348 e. The number of carbonyl (C=O) groups is 2. The molecule has 0 atom stereocenters. The molecule has 48 heavy (non-hydrogen) atoms. The van der Waals surface area contributed by atoms with Gasteiger partial charge in [-0.2, -0.15) is 0 Å². The van der Waals surface area contributed by atoms with E-state index in [0.29, 0.717) is 6.42 Å². The Morgan fingerprint density at radius 3 is 1.48 bits per heavy atom. The standard InChI is InChI=1S/C43H55N3O2/c1-40(2,3)31-13-19-34(20-14-31)45-25-23-42(7,8)36(28-45)38(47)27-30-11-17-33(18-12-30)44-39(48)37-29-46(26-24-43(37,9)10)35-21-15-32(16-22-35)41(4,5)6/h11-22,28-29H,23-27H2,1-10H3,(H,44,48). The highest BCUT2D eigenvalue weighted by molar-refractivity contribution is 6.05. The molecule has 0 bridgehead atoms. The number of rotatable bonds is 7. The maximum Gasteiger partial charge on any atom is 0.253 e. The van der Waals surface area contributed by atoms with Gasteiger partial charge in [-0.15, -0.1) is 0 Å². The zero-order chi connectivity index (χ0) is 35.1. The minimum absolute atomic E-state index is 0.0930. The average Bonchev–Trinajstić information content (AvgIpc) is 3.01. The maximum atomic E-state index is 13.7. The number of hydrogen-bond donors (Lipinski definition) is 1. The van der Waals surface area contributed by atoms with Gasteiger partial charge in [-0.3, -0.25) is 9.59 Å². The van der Waals surface area contributed by atoms with Crippen molar-refractivity contribution in [1.29, 1.82) is 0 Å². The Morgan fingerprint density at radius 1 is 0.625 bits per heavy atom. The number of amides is 1. The zero-order valence-corrected chi connectivity index (χ0v) is 30.8. The predicted octanol–water partition coefficient (Wildman–Crippen LogP) is 9.97. The van der Waals surface area contributed by atoms with Crippen LogP contribution in [-0.4, -0.2) is 24.8 Å². The van der Waals surface area contributed by atoms with E-state index in [2.05, 4.69) is 139 Å². The molecule has 2 aliphatic rings. The predicted molar refractivity (Wildman–Crippen MR) is 202 cm³/mol. The lowest BCUT2D eigenvalue weighted by Crippen LogP contribution is -2.37. The second-order valence-corrected chi connectivity index (χ2v) is 17.1. The van der Waals surface area contributed by atoms with Crippen molar-refractivity contribution in [2.45, 2.75) is 99.3 Å². The summed E-state index contributed by atoms with van der Waals surface area (Å²) in [6, 6.07) is 25.1. The summed E-state index contributed by atoms with van der Waals surface area (Å²) in [7, 11) is 0. The fourth-order valence-electron chi connectivity index (χ4n) is 6.57. The third-order valence-electron chi connectivity index (χ3n) is 10.2. The van der Waals surface area contributed by atoms with Gasteiger partial charge in [-0.25, -0.2) is 0 Å². The topological polar surface area (TPSA) is 52.7 Å². The van der Waals surface area contributed by atoms with Crippen molar-refractivity contribution in [3.8, 4) is 0 Å². The van der Waals surface area contributed by atoms with Crippen LogP contribution in [0, 0.1) is 10.8 Å². The number of anilines is 3. The molecule has 0 spiro atoms. The summed E-state index contributed by atoms with van der Waals surface area (Å²) in [5, 5.41) is 3.13. The number of Topliss-reactive ketones (excluding diaryl/α,β-unsaturated/α-hetero) is 1. The smallest absolute Gasteiger partial charge is 0.253 e. The lowest BCUT2D eigenvalue weighted by Gasteiger charge is -2.37. The van der Waals surface area contributed by atoms with Gasteiger partial charge in [-0.05, 0) is 87.6 Å². The Kier molecular flexibility index (Phi) is 9.58. The van der Waals surface area contributed by atoms with E-state index in [1.165, 1.54) is 11.1 Å². The van der Waals surface area contributed by atoms with Crippen molar-refractivity contribution in [2.24, 2.45) is 10.8 Å². The molecule has 5 rings (SSSR count). The summed E-state index contributed by atoms with van der Waals surface area (Å²) in [4.78, 5) is 31.8. The second-order valence-electron chi connectivity index (χ2n) is 17.1. The normalized spacial score (nSPS) is 17.8. The molecule has 1 amide bonds. The molecule has 254 valence electrons. The van der Waals surface area contributed by atoms with E-state index in [-0.39, 0.29) is 33.4 Å². The number of ketones is 1. The molecular weight excluding hydrogens is 590 g/mol. The molecule has 5 nitrogen and oxygen atoms in total. The molecule has 0 fully saturated rings. The largest absolute Gasteiger partial charge is 0.348 e. The van der Waals surface area contributed by atoms with Crippen LogP contribution in [0.4, 0.5) is 17.1 Å². The van der Waals surface area contributed by atoms with Gasteiger partial charge in [0.15, 0.2) is 5.78 Å². The number of allylic oxidation sites excluding steroid dienone is 1. The van der Waals surface area contributed by atoms with Gasteiger partial charge in [0, 0.05) is 60.1 Å². The van der Waals surface area contributed by atoms with Crippen molar-refractivity contribution in [3.05, 3.63) is 113 Å². The molecule has 0 radical (unpaired) electrons. The number of hydrogen-bond acceptors (Lipinski definition) is 4. The Hall–Kier alpha value is -4.12. The van der Waals surface area contributed by atoms with Crippen LogP contribution >= 0.6 is 0 Å². The van der Waals surface area contributed by atoms with Gasteiger partial charge < -0.3 is 15.1 Å². The van der Waals surface area contributed by atoms with Crippen molar-refractivity contribution in [3.63, 3.8) is 0 Å². The third kappa shape index (κ3) is 7.94. The SMILES string of the molecule is CC1(C)CCN(c2ccc(C(C)(C)C)cc2)C=C1C(=O)Cc1ccc(NC(=O)C2=CN(c3ccc(C(C)(C)C)cc3)CCC2(C)C)cc1. The zero-order valence-electron chi connectivity index (χ0n) is 30.8. The van der Waals surface area contributed by atoms with E-state index in [0.717, 1.165) is 59.7 Å². The summed E-state index contributed by atoms with van der Waals surface area (Å²) >= 11 is 0. The molecule has 5 heteroatoms. The molecule has 0 aliphatic carbocycles. The van der Waals surface area contributed by atoms with Gasteiger partial charge in [0.05, 0.1) is 0 Å². The van der Waals surface area contributed by atoms with Crippen molar-refractivity contribution in [2.75, 3.05) is 28.2 Å². The lowest BCUT2D eigenvalue weighted by molar-refractivity contribution is -0.116. The summed E-state index contributed by atoms with van der Waals surface area (Å²) in [5.74, 6) is 0.0436. The monoisotopic (exact) mass is 645 g/mol. The minimum atomic E-state index is -0.249. The average molecular weight is 646 g/mol.